The summed E-state index contributed by atoms with van der Waals surface area (Å²) in [7, 11) is 0. The van der Waals surface area contributed by atoms with Crippen LogP contribution in [0.1, 0.15) is 25.3 Å². The molecule has 0 fully saturated rings. The Hall–Kier alpha value is -1.82. The molecule has 22 heavy (non-hydrogen) atoms. The van der Waals surface area contributed by atoms with Crippen LogP contribution in [0.25, 0.3) is 30.4 Å². The van der Waals surface area contributed by atoms with Gasteiger partial charge in [-0.1, -0.05) is 0 Å². The molecule has 0 aliphatic heterocycles. The summed E-state index contributed by atoms with van der Waals surface area (Å²) in [6.07, 6.45) is 0. The molecule has 0 atom stereocenters. The first-order valence-corrected chi connectivity index (χ1v) is 9.46. The molecule has 0 aliphatic carbocycles. The van der Waals surface area contributed by atoms with E-state index in [0.29, 0.717) is 20.4 Å². The van der Waals surface area contributed by atoms with E-state index < -0.39 is 0 Å². The normalized spacial score (nSPS) is 11.6. The van der Waals surface area contributed by atoms with Crippen LogP contribution >= 0.6 is 0 Å². The molecule has 0 amide bonds. The molecule has 1 aromatic heterocycles. The van der Waals surface area contributed by atoms with Crippen LogP contribution in [-0.4, -0.2) is 14.5 Å². The van der Waals surface area contributed by atoms with E-state index in [1.54, 1.807) is 4.26 Å². The maximum atomic E-state index is 2.39. The van der Waals surface area contributed by atoms with E-state index in [1.165, 1.54) is 31.7 Å². The van der Waals surface area contributed by atoms with Crippen LogP contribution < -0.4 is 0 Å². The van der Waals surface area contributed by atoms with Crippen molar-refractivity contribution >= 4 is 33.8 Å². The summed E-state index contributed by atoms with van der Waals surface area (Å²) in [5.74, 6) is 0.567. The molecule has 0 saturated heterocycles. The zero-order valence-corrected chi connectivity index (χ0v) is 14.5. The van der Waals surface area contributed by atoms with Gasteiger partial charge in [0.2, 0.25) is 0 Å². The quantitative estimate of drug-likeness (QED) is 0.399. The molecule has 0 unspecified atom stereocenters. The zero-order valence-electron chi connectivity index (χ0n) is 12.8. The Morgan fingerprint density at radius 3 is 2.32 bits per heavy atom. The second-order valence-electron chi connectivity index (χ2n) is 6.05. The summed E-state index contributed by atoms with van der Waals surface area (Å²) in [5, 5.41) is 2.96. The SMILES string of the molecule is CC(C)c1cccc2[se]c3ccc(-c4ccccc4)cc3c12. The Labute approximate surface area is 137 Å². The summed E-state index contributed by atoms with van der Waals surface area (Å²) in [6, 6.07) is 24.5. The molecule has 0 aliphatic rings. The van der Waals surface area contributed by atoms with Crippen molar-refractivity contribution < 1.29 is 0 Å². The fourth-order valence-corrected chi connectivity index (χ4v) is 5.50. The van der Waals surface area contributed by atoms with Gasteiger partial charge in [-0.3, -0.25) is 0 Å². The molecule has 0 bridgehead atoms. The van der Waals surface area contributed by atoms with Gasteiger partial charge >= 0.3 is 137 Å². The van der Waals surface area contributed by atoms with Gasteiger partial charge in [-0.2, -0.15) is 0 Å². The standard InChI is InChI=1S/C21H18Se/c1-14(2)17-9-6-10-20-21(17)18-13-16(11-12-19(18)22-20)15-7-4-3-5-8-15/h3-14H,1-2H3. The van der Waals surface area contributed by atoms with Gasteiger partial charge in [-0.25, -0.2) is 0 Å². The molecular weight excluding hydrogens is 331 g/mol. The minimum atomic E-state index is 0.449. The van der Waals surface area contributed by atoms with Gasteiger partial charge in [-0.15, -0.1) is 0 Å². The predicted octanol–water partition coefficient (Wildman–Crippen LogP) is 5.84. The van der Waals surface area contributed by atoms with Crippen LogP contribution in [0.15, 0.2) is 66.7 Å². The third-order valence-corrected chi connectivity index (χ3v) is 6.64. The Balaban J connectivity index is 2.04. The van der Waals surface area contributed by atoms with Crippen LogP contribution in [0.4, 0.5) is 0 Å². The molecule has 0 spiro atoms. The van der Waals surface area contributed by atoms with Crippen molar-refractivity contribution in [3.05, 3.63) is 72.3 Å². The summed E-state index contributed by atoms with van der Waals surface area (Å²) in [6.45, 7) is 4.59. The van der Waals surface area contributed by atoms with Gasteiger partial charge in [0.1, 0.15) is 0 Å². The van der Waals surface area contributed by atoms with Gasteiger partial charge in [0.05, 0.1) is 0 Å². The number of fused-ring (bicyclic) bond motifs is 3. The zero-order chi connectivity index (χ0) is 15.1. The van der Waals surface area contributed by atoms with Gasteiger partial charge < -0.3 is 0 Å². The van der Waals surface area contributed by atoms with Gasteiger partial charge in [0, 0.05) is 0 Å². The van der Waals surface area contributed by atoms with Crippen molar-refractivity contribution in [2.24, 2.45) is 0 Å². The number of rotatable bonds is 2. The van der Waals surface area contributed by atoms with Crippen molar-refractivity contribution in [3.63, 3.8) is 0 Å². The van der Waals surface area contributed by atoms with E-state index in [1.807, 2.05) is 0 Å². The van der Waals surface area contributed by atoms with Crippen molar-refractivity contribution in [2.75, 3.05) is 0 Å². The molecule has 108 valence electrons. The molecule has 1 heteroatoms. The van der Waals surface area contributed by atoms with Crippen LogP contribution in [0.2, 0.25) is 0 Å². The van der Waals surface area contributed by atoms with Crippen molar-refractivity contribution in [1.82, 2.24) is 0 Å². The van der Waals surface area contributed by atoms with Gasteiger partial charge in [0.25, 0.3) is 0 Å². The van der Waals surface area contributed by atoms with Crippen LogP contribution in [0, 0.1) is 0 Å². The topological polar surface area (TPSA) is 0 Å². The van der Waals surface area contributed by atoms with Crippen molar-refractivity contribution in [1.29, 1.82) is 0 Å². The second-order valence-corrected chi connectivity index (χ2v) is 8.33. The predicted molar refractivity (Wildman–Crippen MR) is 97.9 cm³/mol. The van der Waals surface area contributed by atoms with E-state index >= 15 is 0 Å². The van der Waals surface area contributed by atoms with E-state index in [0.717, 1.165) is 0 Å². The summed E-state index contributed by atoms with van der Waals surface area (Å²) in [5.41, 5.74) is 4.11. The summed E-state index contributed by atoms with van der Waals surface area (Å²) in [4.78, 5) is 0. The van der Waals surface area contributed by atoms with Crippen molar-refractivity contribution in [3.8, 4) is 11.1 Å². The number of benzene rings is 3. The fourth-order valence-electron chi connectivity index (χ4n) is 3.15. The molecule has 3 aromatic carbocycles. The first kappa shape index (κ1) is 13.8. The van der Waals surface area contributed by atoms with Crippen LogP contribution in [0.3, 0.4) is 0 Å². The van der Waals surface area contributed by atoms with Crippen LogP contribution in [-0.2, 0) is 0 Å². The van der Waals surface area contributed by atoms with E-state index in [2.05, 4.69) is 80.6 Å². The Bertz CT molecular complexity index is 946. The van der Waals surface area contributed by atoms with Gasteiger partial charge in [-0.05, 0) is 0 Å². The maximum absolute atomic E-state index is 2.39. The molecular formula is C21H18Se. The van der Waals surface area contributed by atoms with E-state index in [4.69, 9.17) is 0 Å². The average Bonchev–Trinajstić information content (AvgIpc) is 2.93. The third kappa shape index (κ3) is 2.22. The first-order valence-electron chi connectivity index (χ1n) is 7.74. The Morgan fingerprint density at radius 1 is 0.727 bits per heavy atom. The molecule has 4 rings (SSSR count). The Morgan fingerprint density at radius 2 is 1.55 bits per heavy atom. The Kier molecular flexibility index (Phi) is 3.41. The average molecular weight is 349 g/mol. The molecule has 0 saturated carbocycles. The first-order chi connectivity index (χ1) is 10.7. The molecule has 4 aromatic rings. The van der Waals surface area contributed by atoms with Crippen LogP contribution in [0.5, 0.6) is 0 Å². The molecule has 1 heterocycles. The van der Waals surface area contributed by atoms with Gasteiger partial charge in [0.15, 0.2) is 0 Å². The van der Waals surface area contributed by atoms with Crippen molar-refractivity contribution in [2.45, 2.75) is 19.8 Å². The fraction of sp³-hybridized carbons (Fsp3) is 0.143. The molecule has 0 N–H and O–H groups in total. The van der Waals surface area contributed by atoms with E-state index in [9.17, 15) is 0 Å². The third-order valence-electron chi connectivity index (χ3n) is 4.26. The molecule has 0 radical (unpaired) electrons. The monoisotopic (exact) mass is 350 g/mol. The minimum absolute atomic E-state index is 0.449. The van der Waals surface area contributed by atoms with E-state index in [-0.39, 0.29) is 0 Å². The molecule has 0 nitrogen and oxygen atoms in total. The number of hydrogen-bond acceptors (Lipinski definition) is 0. The number of hydrogen-bond donors (Lipinski definition) is 0. The second kappa shape index (κ2) is 5.43. The summed E-state index contributed by atoms with van der Waals surface area (Å²) >= 11 is 0.449. The summed E-state index contributed by atoms with van der Waals surface area (Å²) < 4.78 is 3.06.